The zero-order chi connectivity index (χ0) is 13.4. The predicted molar refractivity (Wildman–Crippen MR) is 66.2 cm³/mol. The van der Waals surface area contributed by atoms with E-state index in [1.165, 1.54) is 12.1 Å². The van der Waals surface area contributed by atoms with Crippen molar-refractivity contribution in [1.82, 2.24) is 4.98 Å². The van der Waals surface area contributed by atoms with Crippen LogP contribution in [0.4, 0.5) is 0 Å². The standard InChI is InChI=1S/C11H6BrNO5/c12-4-1-2-5-6(3-4)13-8(11(17)18)7(9(5)14)10(15)16/h1-3H,(H,13,14)(H,15,16)(H,17,18). The van der Waals surface area contributed by atoms with Gasteiger partial charge in [-0.15, -0.1) is 0 Å². The molecular formula is C11H6BrNO5. The van der Waals surface area contributed by atoms with Gasteiger partial charge in [0.05, 0.1) is 5.52 Å². The van der Waals surface area contributed by atoms with Crippen molar-refractivity contribution in [2.24, 2.45) is 0 Å². The molecule has 0 amide bonds. The number of halogens is 1. The van der Waals surface area contributed by atoms with Crippen LogP contribution in [0.15, 0.2) is 27.5 Å². The molecule has 0 saturated heterocycles. The highest BCUT2D eigenvalue weighted by molar-refractivity contribution is 9.10. The molecular weight excluding hydrogens is 306 g/mol. The molecule has 0 spiro atoms. The normalized spacial score (nSPS) is 10.5. The van der Waals surface area contributed by atoms with E-state index in [0.717, 1.165) is 0 Å². The molecule has 18 heavy (non-hydrogen) atoms. The van der Waals surface area contributed by atoms with Crippen molar-refractivity contribution < 1.29 is 19.8 Å². The molecule has 0 bridgehead atoms. The Hall–Kier alpha value is -2.15. The van der Waals surface area contributed by atoms with Crippen LogP contribution in [-0.2, 0) is 0 Å². The zero-order valence-electron chi connectivity index (χ0n) is 8.73. The number of nitrogens with one attached hydrogen (secondary N) is 1. The van der Waals surface area contributed by atoms with Crippen molar-refractivity contribution in [1.29, 1.82) is 0 Å². The first-order valence-electron chi connectivity index (χ1n) is 4.74. The largest absolute Gasteiger partial charge is 0.477 e. The fourth-order valence-electron chi connectivity index (χ4n) is 1.63. The highest BCUT2D eigenvalue weighted by Crippen LogP contribution is 2.17. The summed E-state index contributed by atoms with van der Waals surface area (Å²) < 4.78 is 0.644. The number of carbonyl (C=O) groups is 2. The molecule has 0 aliphatic carbocycles. The van der Waals surface area contributed by atoms with Crippen molar-refractivity contribution in [2.75, 3.05) is 0 Å². The number of fused-ring (bicyclic) bond motifs is 1. The summed E-state index contributed by atoms with van der Waals surface area (Å²) in [6.07, 6.45) is 0. The first kappa shape index (κ1) is 12.3. The summed E-state index contributed by atoms with van der Waals surface area (Å²) in [7, 11) is 0. The maximum absolute atomic E-state index is 11.9. The van der Waals surface area contributed by atoms with Crippen molar-refractivity contribution in [2.45, 2.75) is 0 Å². The number of hydrogen-bond acceptors (Lipinski definition) is 3. The molecule has 0 aliphatic rings. The average Bonchev–Trinajstić information content (AvgIpc) is 2.27. The van der Waals surface area contributed by atoms with Gasteiger partial charge in [0.25, 0.3) is 0 Å². The van der Waals surface area contributed by atoms with E-state index in [1.807, 2.05) is 0 Å². The van der Waals surface area contributed by atoms with E-state index in [2.05, 4.69) is 20.9 Å². The topological polar surface area (TPSA) is 107 Å². The number of carboxylic acids is 2. The number of rotatable bonds is 2. The molecule has 3 N–H and O–H groups in total. The van der Waals surface area contributed by atoms with Crippen molar-refractivity contribution >= 4 is 38.8 Å². The van der Waals surface area contributed by atoms with E-state index in [4.69, 9.17) is 10.2 Å². The van der Waals surface area contributed by atoms with Crippen LogP contribution in [0.25, 0.3) is 10.9 Å². The summed E-state index contributed by atoms with van der Waals surface area (Å²) in [6, 6.07) is 4.51. The van der Waals surface area contributed by atoms with Crippen molar-refractivity contribution in [3.05, 3.63) is 44.2 Å². The van der Waals surface area contributed by atoms with Crippen LogP contribution in [0, 0.1) is 0 Å². The van der Waals surface area contributed by atoms with Gasteiger partial charge >= 0.3 is 11.9 Å². The Morgan fingerprint density at radius 1 is 1.17 bits per heavy atom. The summed E-state index contributed by atoms with van der Waals surface area (Å²) in [5, 5.41) is 18.0. The number of aromatic amines is 1. The quantitative estimate of drug-likeness (QED) is 0.782. The second-order valence-electron chi connectivity index (χ2n) is 3.50. The van der Waals surface area contributed by atoms with Crippen molar-refractivity contribution in [3.8, 4) is 0 Å². The van der Waals surface area contributed by atoms with E-state index in [9.17, 15) is 14.4 Å². The van der Waals surface area contributed by atoms with Gasteiger partial charge in [0, 0.05) is 9.86 Å². The number of benzene rings is 1. The van der Waals surface area contributed by atoms with Crippen LogP contribution >= 0.6 is 15.9 Å². The molecule has 6 nitrogen and oxygen atoms in total. The fraction of sp³-hybridized carbons (Fsp3) is 0. The van der Waals surface area contributed by atoms with E-state index in [-0.39, 0.29) is 10.9 Å². The Morgan fingerprint density at radius 2 is 1.83 bits per heavy atom. The maximum Gasteiger partial charge on any atom is 0.353 e. The predicted octanol–water partition coefficient (Wildman–Crippen LogP) is 1.69. The molecule has 0 unspecified atom stereocenters. The SMILES string of the molecule is O=C(O)c1[nH]c2cc(Br)ccc2c(=O)c1C(=O)O. The Balaban J connectivity index is 2.99. The van der Waals surface area contributed by atoms with Gasteiger partial charge in [0.15, 0.2) is 0 Å². The third-order valence-corrected chi connectivity index (χ3v) is 2.88. The van der Waals surface area contributed by atoms with E-state index >= 15 is 0 Å². The van der Waals surface area contributed by atoms with E-state index < -0.39 is 28.6 Å². The van der Waals surface area contributed by atoms with Crippen LogP contribution in [0.5, 0.6) is 0 Å². The molecule has 2 aromatic rings. The average molecular weight is 312 g/mol. The number of carboxylic acid groups (broad SMARTS) is 2. The molecule has 2 rings (SSSR count). The minimum Gasteiger partial charge on any atom is -0.477 e. The fourth-order valence-corrected chi connectivity index (χ4v) is 1.99. The van der Waals surface area contributed by atoms with Gasteiger partial charge in [0.1, 0.15) is 11.3 Å². The lowest BCUT2D eigenvalue weighted by Crippen LogP contribution is -2.22. The van der Waals surface area contributed by atoms with Crippen LogP contribution < -0.4 is 5.43 Å². The first-order valence-corrected chi connectivity index (χ1v) is 5.53. The molecule has 7 heteroatoms. The molecule has 0 aliphatic heterocycles. The third kappa shape index (κ3) is 1.88. The van der Waals surface area contributed by atoms with Crippen LogP contribution in [0.3, 0.4) is 0 Å². The summed E-state index contributed by atoms with van der Waals surface area (Å²) in [5.74, 6) is -3.06. The van der Waals surface area contributed by atoms with Gasteiger partial charge < -0.3 is 15.2 Å². The molecule has 1 heterocycles. The minimum atomic E-state index is -1.57. The molecule has 0 fully saturated rings. The summed E-state index contributed by atoms with van der Waals surface area (Å²) in [6.45, 7) is 0. The van der Waals surface area contributed by atoms with Crippen LogP contribution in [0.1, 0.15) is 20.8 Å². The maximum atomic E-state index is 11.9. The summed E-state index contributed by atoms with van der Waals surface area (Å²) in [4.78, 5) is 36.3. The lowest BCUT2D eigenvalue weighted by Gasteiger charge is -2.05. The number of aromatic carboxylic acids is 2. The highest BCUT2D eigenvalue weighted by Gasteiger charge is 2.22. The molecule has 1 aromatic carbocycles. The lowest BCUT2D eigenvalue weighted by molar-refractivity contribution is 0.0646. The van der Waals surface area contributed by atoms with Gasteiger partial charge in [-0.05, 0) is 18.2 Å². The Labute approximate surface area is 108 Å². The third-order valence-electron chi connectivity index (χ3n) is 2.39. The van der Waals surface area contributed by atoms with Gasteiger partial charge in [-0.1, -0.05) is 15.9 Å². The van der Waals surface area contributed by atoms with Gasteiger partial charge in [-0.2, -0.15) is 0 Å². The first-order chi connectivity index (χ1) is 8.41. The van der Waals surface area contributed by atoms with Crippen molar-refractivity contribution in [3.63, 3.8) is 0 Å². The minimum absolute atomic E-state index is 0.126. The smallest absolute Gasteiger partial charge is 0.353 e. The second kappa shape index (κ2) is 4.26. The zero-order valence-corrected chi connectivity index (χ0v) is 10.3. The van der Waals surface area contributed by atoms with Gasteiger partial charge in [0.2, 0.25) is 5.43 Å². The molecule has 1 aromatic heterocycles. The summed E-state index contributed by atoms with van der Waals surface area (Å²) in [5.41, 5.74) is -1.95. The Bertz CT molecular complexity index is 734. The Kier molecular flexibility index (Phi) is 2.92. The highest BCUT2D eigenvalue weighted by atomic mass is 79.9. The van der Waals surface area contributed by atoms with Gasteiger partial charge in [-0.3, -0.25) is 4.79 Å². The van der Waals surface area contributed by atoms with Crippen LogP contribution in [0.2, 0.25) is 0 Å². The lowest BCUT2D eigenvalue weighted by atomic mass is 10.1. The second-order valence-corrected chi connectivity index (χ2v) is 4.42. The van der Waals surface area contributed by atoms with Crippen LogP contribution in [-0.4, -0.2) is 27.1 Å². The Morgan fingerprint density at radius 3 is 2.39 bits per heavy atom. The van der Waals surface area contributed by atoms with E-state index in [0.29, 0.717) is 4.47 Å². The number of H-pyrrole nitrogens is 1. The monoisotopic (exact) mass is 311 g/mol. The molecule has 0 atom stereocenters. The number of aromatic nitrogens is 1. The number of pyridine rings is 1. The van der Waals surface area contributed by atoms with Gasteiger partial charge in [-0.25, -0.2) is 9.59 Å². The summed E-state index contributed by atoms with van der Waals surface area (Å²) >= 11 is 3.18. The number of hydrogen-bond donors (Lipinski definition) is 3. The molecule has 0 radical (unpaired) electrons. The molecule has 92 valence electrons. The molecule has 0 saturated carbocycles. The van der Waals surface area contributed by atoms with E-state index in [1.54, 1.807) is 6.07 Å².